The Morgan fingerprint density at radius 2 is 1.78 bits per heavy atom. The Hall–Kier alpha value is -3.50. The summed E-state index contributed by atoms with van der Waals surface area (Å²) < 4.78 is 10.5. The summed E-state index contributed by atoms with van der Waals surface area (Å²) in [7, 11) is 0. The van der Waals surface area contributed by atoms with Crippen molar-refractivity contribution in [3.05, 3.63) is 58.6 Å². The van der Waals surface area contributed by atoms with Gasteiger partial charge in [-0.1, -0.05) is 41.4 Å². The molecular formula is C25H34ClN5O5. The van der Waals surface area contributed by atoms with Crippen LogP contribution in [0.1, 0.15) is 44.7 Å². The Morgan fingerprint density at radius 3 is 2.42 bits per heavy atom. The van der Waals surface area contributed by atoms with Gasteiger partial charge >= 0.3 is 18.0 Å². The van der Waals surface area contributed by atoms with Crippen molar-refractivity contribution in [3.63, 3.8) is 0 Å². The van der Waals surface area contributed by atoms with Crippen LogP contribution < -0.4 is 26.4 Å². The molecule has 0 radical (unpaired) electrons. The van der Waals surface area contributed by atoms with Crippen molar-refractivity contribution in [2.24, 2.45) is 0 Å². The van der Waals surface area contributed by atoms with Gasteiger partial charge in [0.05, 0.1) is 23.4 Å². The predicted octanol–water partition coefficient (Wildman–Crippen LogP) is 4.53. The number of urea groups is 2. The maximum atomic E-state index is 12.8. The smallest absolute Gasteiger partial charge is 0.341 e. The molecule has 0 bridgehead atoms. The van der Waals surface area contributed by atoms with Gasteiger partial charge in [0, 0.05) is 19.5 Å². The summed E-state index contributed by atoms with van der Waals surface area (Å²) in [5.41, 5.74) is 10.3. The lowest BCUT2D eigenvalue weighted by molar-refractivity contribution is -0.143. The molecule has 0 aliphatic heterocycles. The number of nitrogens with zero attached hydrogens (tertiary/aromatic N) is 1. The Morgan fingerprint density at radius 1 is 1.06 bits per heavy atom. The van der Waals surface area contributed by atoms with Gasteiger partial charge in [0.2, 0.25) is 0 Å². The summed E-state index contributed by atoms with van der Waals surface area (Å²) in [6, 6.07) is 11.4. The highest BCUT2D eigenvalue weighted by Gasteiger charge is 2.21. The minimum Gasteiger partial charge on any atom is -0.489 e. The number of hydrogen-bond donors (Lipinski definition) is 4. The zero-order valence-corrected chi connectivity index (χ0v) is 21.8. The van der Waals surface area contributed by atoms with Crippen LogP contribution in [0.25, 0.3) is 0 Å². The van der Waals surface area contributed by atoms with Crippen LogP contribution in [0.15, 0.2) is 42.5 Å². The van der Waals surface area contributed by atoms with E-state index < -0.39 is 12.1 Å². The molecule has 0 saturated carbocycles. The molecule has 0 aromatic heterocycles. The van der Waals surface area contributed by atoms with Gasteiger partial charge in [-0.25, -0.2) is 14.5 Å². The number of carbonyl (C=O) groups is 3. The maximum absolute atomic E-state index is 12.8. The molecule has 2 aromatic carbocycles. The number of hydrogen-bond acceptors (Lipinski definition) is 7. The highest BCUT2D eigenvalue weighted by atomic mass is 35.5. The molecule has 0 fully saturated rings. The number of halogens is 1. The van der Waals surface area contributed by atoms with E-state index in [1.165, 1.54) is 0 Å². The fourth-order valence-corrected chi connectivity index (χ4v) is 3.27. The van der Waals surface area contributed by atoms with E-state index >= 15 is 0 Å². The molecule has 196 valence electrons. The lowest BCUT2D eigenvalue weighted by Crippen LogP contribution is -2.53. The van der Waals surface area contributed by atoms with E-state index in [1.54, 1.807) is 25.1 Å². The predicted molar refractivity (Wildman–Crippen MR) is 138 cm³/mol. The van der Waals surface area contributed by atoms with Crippen LogP contribution in [0.4, 0.5) is 15.3 Å². The van der Waals surface area contributed by atoms with Crippen LogP contribution >= 0.6 is 11.6 Å². The number of imide groups is 1. The van der Waals surface area contributed by atoms with Crippen molar-refractivity contribution < 1.29 is 23.9 Å². The average Bonchev–Trinajstić information content (AvgIpc) is 2.83. The average molecular weight is 520 g/mol. The summed E-state index contributed by atoms with van der Waals surface area (Å²) in [6.07, 6.45) is 0.313. The van der Waals surface area contributed by atoms with Gasteiger partial charge in [0.15, 0.2) is 0 Å². The molecule has 0 atom stereocenters. The minimum absolute atomic E-state index is 0.0130. The zero-order chi connectivity index (χ0) is 26.5. The Kier molecular flexibility index (Phi) is 11.8. The van der Waals surface area contributed by atoms with E-state index in [-0.39, 0.29) is 44.6 Å². The molecule has 11 heteroatoms. The molecule has 0 aliphatic rings. The molecule has 0 unspecified atom stereocenters. The SMILES string of the molecule is CCOC(=O)CCCN(C(=O)NCc1ccc(C)cc1)C(=O)NNNc1ccc(OC(C)C)c(Cl)c1. The molecule has 0 heterocycles. The topological polar surface area (TPSA) is 121 Å². The van der Waals surface area contributed by atoms with Crippen molar-refractivity contribution >= 4 is 35.3 Å². The number of carbonyl (C=O) groups excluding carboxylic acids is 3. The normalized spacial score (nSPS) is 10.5. The zero-order valence-electron chi connectivity index (χ0n) is 21.0. The number of rotatable bonds is 12. The van der Waals surface area contributed by atoms with Gasteiger partial charge in [0.1, 0.15) is 5.75 Å². The maximum Gasteiger partial charge on any atom is 0.341 e. The van der Waals surface area contributed by atoms with Crippen LogP contribution in [0, 0.1) is 6.92 Å². The molecule has 0 spiro atoms. The number of nitrogens with one attached hydrogen (secondary N) is 4. The highest BCUT2D eigenvalue weighted by molar-refractivity contribution is 6.32. The standard InChI is InChI=1S/C25H34ClN5O5/c1-5-35-23(32)7-6-14-31(24(33)27-16-19-10-8-18(4)9-11-19)25(34)29-30-28-20-12-13-22(21(26)15-20)36-17(2)3/h8-13,15,17,28,30H,5-7,14,16H2,1-4H3,(H,27,33)(H,29,34). The van der Waals surface area contributed by atoms with E-state index in [2.05, 4.69) is 21.7 Å². The second-order valence-corrected chi connectivity index (χ2v) is 8.60. The second kappa shape index (κ2) is 14.8. The van der Waals surface area contributed by atoms with Gasteiger partial charge in [-0.15, -0.1) is 5.53 Å². The van der Waals surface area contributed by atoms with Gasteiger partial charge in [0.25, 0.3) is 0 Å². The first-order valence-corrected chi connectivity index (χ1v) is 12.1. The lowest BCUT2D eigenvalue weighted by Gasteiger charge is -2.22. The van der Waals surface area contributed by atoms with Crippen molar-refractivity contribution in [1.82, 2.24) is 21.2 Å². The van der Waals surface area contributed by atoms with Crippen LogP contribution in [0.5, 0.6) is 5.75 Å². The number of anilines is 1. The summed E-state index contributed by atoms with van der Waals surface area (Å²) >= 11 is 6.23. The van der Waals surface area contributed by atoms with Gasteiger partial charge in [-0.2, -0.15) is 0 Å². The van der Waals surface area contributed by atoms with Crippen molar-refractivity contribution in [1.29, 1.82) is 0 Å². The lowest BCUT2D eigenvalue weighted by atomic mass is 10.1. The van der Waals surface area contributed by atoms with Crippen molar-refractivity contribution in [3.8, 4) is 5.75 Å². The summed E-state index contributed by atoms with van der Waals surface area (Å²) in [4.78, 5) is 38.2. The number of hydrazine groups is 2. The van der Waals surface area contributed by atoms with Crippen molar-refractivity contribution in [2.75, 3.05) is 18.6 Å². The Bertz CT molecular complexity index is 1020. The second-order valence-electron chi connectivity index (χ2n) is 8.20. The molecule has 36 heavy (non-hydrogen) atoms. The molecule has 0 aliphatic carbocycles. The van der Waals surface area contributed by atoms with E-state index in [1.807, 2.05) is 45.0 Å². The van der Waals surface area contributed by atoms with E-state index in [0.717, 1.165) is 16.0 Å². The van der Waals surface area contributed by atoms with E-state index in [0.29, 0.717) is 16.5 Å². The highest BCUT2D eigenvalue weighted by Crippen LogP contribution is 2.28. The van der Waals surface area contributed by atoms with Crippen LogP contribution in [-0.4, -0.2) is 42.2 Å². The molecule has 2 aromatic rings. The summed E-state index contributed by atoms with van der Waals surface area (Å²) in [5, 5.41) is 3.13. The van der Waals surface area contributed by atoms with E-state index in [4.69, 9.17) is 21.1 Å². The third-order valence-electron chi connectivity index (χ3n) is 4.79. The number of aryl methyl sites for hydroxylation is 1. The third-order valence-corrected chi connectivity index (χ3v) is 5.09. The van der Waals surface area contributed by atoms with Crippen molar-refractivity contribution in [2.45, 2.75) is 53.2 Å². The summed E-state index contributed by atoms with van der Waals surface area (Å²) in [6.45, 7) is 8.01. The van der Waals surface area contributed by atoms with E-state index in [9.17, 15) is 14.4 Å². The Labute approximate surface area is 216 Å². The first kappa shape index (κ1) is 28.7. The number of benzene rings is 2. The largest absolute Gasteiger partial charge is 0.489 e. The first-order valence-electron chi connectivity index (χ1n) is 11.7. The minimum atomic E-state index is -0.710. The van der Waals surface area contributed by atoms with Gasteiger partial charge in [-0.3, -0.25) is 10.2 Å². The van der Waals surface area contributed by atoms with Crippen LogP contribution in [0.3, 0.4) is 0 Å². The number of ether oxygens (including phenoxy) is 2. The summed E-state index contributed by atoms with van der Waals surface area (Å²) in [5.74, 6) is 0.152. The molecular weight excluding hydrogens is 486 g/mol. The molecule has 4 N–H and O–H groups in total. The van der Waals surface area contributed by atoms with Gasteiger partial charge in [-0.05, 0) is 57.9 Å². The number of amides is 4. The molecule has 10 nitrogen and oxygen atoms in total. The molecule has 4 amide bonds. The fraction of sp³-hybridized carbons (Fsp3) is 0.400. The third kappa shape index (κ3) is 10.0. The monoisotopic (exact) mass is 519 g/mol. The van der Waals surface area contributed by atoms with Crippen LogP contribution in [-0.2, 0) is 16.1 Å². The fourth-order valence-electron chi connectivity index (χ4n) is 3.04. The molecule has 2 rings (SSSR count). The first-order chi connectivity index (χ1) is 17.2. The van der Waals surface area contributed by atoms with Gasteiger partial charge < -0.3 is 20.2 Å². The quantitative estimate of drug-likeness (QED) is 0.240. The molecule has 0 saturated heterocycles. The van der Waals surface area contributed by atoms with Crippen LogP contribution in [0.2, 0.25) is 5.02 Å². The number of esters is 1. The Balaban J connectivity index is 1.95.